The normalized spacial score (nSPS) is 11.4. The summed E-state index contributed by atoms with van der Waals surface area (Å²) in [4.78, 5) is 6.30. The predicted molar refractivity (Wildman–Crippen MR) is 101 cm³/mol. The first-order valence-electron chi connectivity index (χ1n) is 8.35. The summed E-state index contributed by atoms with van der Waals surface area (Å²) in [6.07, 6.45) is 0.790. The molecule has 0 aliphatic heterocycles. The van der Waals surface area contributed by atoms with Crippen molar-refractivity contribution in [1.29, 1.82) is 0 Å². The molecule has 3 aromatic heterocycles. The van der Waals surface area contributed by atoms with E-state index in [1.54, 1.807) is 11.7 Å². The predicted octanol–water partition coefficient (Wildman–Crippen LogP) is 3.35. The number of rotatable bonds is 3. The van der Waals surface area contributed by atoms with Crippen molar-refractivity contribution in [1.82, 2.24) is 35.0 Å². The minimum Gasteiger partial charge on any atom is -0.256 e. The molecule has 0 atom stereocenters. The van der Waals surface area contributed by atoms with E-state index >= 15 is 0 Å². The molecule has 4 rings (SSSR count). The van der Waals surface area contributed by atoms with Gasteiger partial charge in [0, 0.05) is 18.0 Å². The van der Waals surface area contributed by atoms with Crippen molar-refractivity contribution in [2.75, 3.05) is 0 Å². The molecule has 4 aromatic rings. The van der Waals surface area contributed by atoms with Gasteiger partial charge >= 0.3 is 0 Å². The van der Waals surface area contributed by atoms with Crippen LogP contribution in [0.3, 0.4) is 0 Å². The molecule has 132 valence electrons. The van der Waals surface area contributed by atoms with Gasteiger partial charge in [-0.05, 0) is 36.3 Å². The smallest absolute Gasteiger partial charge is 0.204 e. The van der Waals surface area contributed by atoms with E-state index in [0.29, 0.717) is 11.0 Å². The van der Waals surface area contributed by atoms with E-state index < -0.39 is 0 Å². The molecule has 0 N–H and O–H groups in total. The van der Waals surface area contributed by atoms with Crippen LogP contribution in [0.15, 0.2) is 24.3 Å². The molecule has 0 amide bonds. The van der Waals surface area contributed by atoms with Gasteiger partial charge < -0.3 is 0 Å². The van der Waals surface area contributed by atoms with Crippen molar-refractivity contribution in [3.8, 4) is 22.6 Å². The Kier molecular flexibility index (Phi) is 3.96. The van der Waals surface area contributed by atoms with Crippen LogP contribution in [0.1, 0.15) is 18.2 Å². The van der Waals surface area contributed by atoms with Crippen molar-refractivity contribution in [2.24, 2.45) is 14.1 Å². The van der Waals surface area contributed by atoms with Gasteiger partial charge in [-0.15, -0.1) is 10.2 Å². The summed E-state index contributed by atoms with van der Waals surface area (Å²) in [5.41, 5.74) is 5.54. The fraction of sp³-hybridized carbons (Fsp3) is 0.278. The molecule has 26 heavy (non-hydrogen) atoms. The number of aromatic nitrogens is 7. The van der Waals surface area contributed by atoms with Crippen LogP contribution in [-0.2, 0) is 20.5 Å². The van der Waals surface area contributed by atoms with Crippen LogP contribution in [0.2, 0.25) is 5.15 Å². The second-order valence-corrected chi connectivity index (χ2v) is 6.61. The summed E-state index contributed by atoms with van der Waals surface area (Å²) in [5, 5.41) is 18.4. The van der Waals surface area contributed by atoms with Crippen molar-refractivity contribution < 1.29 is 0 Å². The third-order valence-electron chi connectivity index (χ3n) is 4.42. The first-order chi connectivity index (χ1) is 12.5. The number of hydrogen-bond acceptors (Lipinski definition) is 5. The maximum Gasteiger partial charge on any atom is 0.204 e. The molecule has 1 aromatic carbocycles. The topological polar surface area (TPSA) is 74.3 Å². The van der Waals surface area contributed by atoms with Crippen LogP contribution < -0.4 is 0 Å². The van der Waals surface area contributed by atoms with E-state index in [1.165, 1.54) is 4.80 Å². The third kappa shape index (κ3) is 2.64. The van der Waals surface area contributed by atoms with Gasteiger partial charge in [-0.25, -0.2) is 4.98 Å². The molecular formula is C18H18ClN7. The Hall–Kier alpha value is -2.80. The molecule has 0 aliphatic carbocycles. The Morgan fingerprint density at radius 2 is 1.92 bits per heavy atom. The first-order valence-corrected chi connectivity index (χ1v) is 8.73. The molecule has 7 nitrogen and oxygen atoms in total. The zero-order valence-corrected chi connectivity index (χ0v) is 15.8. The van der Waals surface area contributed by atoms with E-state index in [2.05, 4.69) is 40.4 Å². The van der Waals surface area contributed by atoms with Crippen molar-refractivity contribution in [2.45, 2.75) is 20.3 Å². The molecule has 0 spiro atoms. The molecule has 0 aliphatic rings. The highest BCUT2D eigenvalue weighted by Crippen LogP contribution is 2.33. The van der Waals surface area contributed by atoms with Gasteiger partial charge in [-0.2, -0.15) is 9.90 Å². The van der Waals surface area contributed by atoms with Crippen LogP contribution in [0, 0.1) is 6.92 Å². The number of aryl methyl sites for hydroxylation is 4. The standard InChI is InChI=1S/C18H18ClN7/c1-5-13-16(17(19)25(3)22-13)15-8-10(2)12-7-6-11(9-14(12)20-15)18-21-24-26(4)23-18/h6-9H,5H2,1-4H3. The quantitative estimate of drug-likeness (QED) is 0.555. The molecule has 8 heteroatoms. The Morgan fingerprint density at radius 3 is 2.62 bits per heavy atom. The van der Waals surface area contributed by atoms with Crippen LogP contribution in [0.5, 0.6) is 0 Å². The molecule has 0 radical (unpaired) electrons. The molecule has 0 bridgehead atoms. The van der Waals surface area contributed by atoms with Crippen molar-refractivity contribution in [3.63, 3.8) is 0 Å². The number of tetrazole rings is 1. The zero-order chi connectivity index (χ0) is 18.4. The maximum atomic E-state index is 6.49. The average molecular weight is 368 g/mol. The Labute approximate surface area is 155 Å². The molecule has 3 heterocycles. The Morgan fingerprint density at radius 1 is 1.12 bits per heavy atom. The summed E-state index contributed by atoms with van der Waals surface area (Å²) in [6.45, 7) is 4.14. The zero-order valence-electron chi connectivity index (χ0n) is 15.0. The minimum absolute atomic E-state index is 0.577. The van der Waals surface area contributed by atoms with Gasteiger partial charge in [0.1, 0.15) is 5.15 Å². The summed E-state index contributed by atoms with van der Waals surface area (Å²) >= 11 is 6.49. The van der Waals surface area contributed by atoms with Crippen LogP contribution in [0.4, 0.5) is 0 Å². The third-order valence-corrected chi connectivity index (χ3v) is 4.86. The van der Waals surface area contributed by atoms with Gasteiger partial charge in [0.05, 0.1) is 29.5 Å². The largest absolute Gasteiger partial charge is 0.256 e. The Bertz CT molecular complexity index is 1130. The molecular weight excluding hydrogens is 350 g/mol. The lowest BCUT2D eigenvalue weighted by atomic mass is 10.0. The number of pyridine rings is 1. The van der Waals surface area contributed by atoms with E-state index in [1.807, 2.05) is 25.2 Å². The van der Waals surface area contributed by atoms with Crippen molar-refractivity contribution in [3.05, 3.63) is 40.7 Å². The fourth-order valence-corrected chi connectivity index (χ4v) is 3.37. The lowest BCUT2D eigenvalue weighted by molar-refractivity contribution is 0.630. The van der Waals surface area contributed by atoms with Crippen LogP contribution in [-0.4, -0.2) is 35.0 Å². The maximum absolute atomic E-state index is 6.49. The molecule has 0 saturated carbocycles. The number of halogens is 1. The summed E-state index contributed by atoms with van der Waals surface area (Å²) in [6, 6.07) is 8.07. The summed E-state index contributed by atoms with van der Waals surface area (Å²) < 4.78 is 1.69. The highest BCUT2D eigenvalue weighted by Gasteiger charge is 2.18. The average Bonchev–Trinajstić information content (AvgIpc) is 3.18. The van der Waals surface area contributed by atoms with E-state index in [-0.39, 0.29) is 0 Å². The lowest BCUT2D eigenvalue weighted by Crippen LogP contribution is -1.93. The van der Waals surface area contributed by atoms with Crippen molar-refractivity contribution >= 4 is 22.5 Å². The number of nitrogens with zero attached hydrogens (tertiary/aromatic N) is 7. The van der Waals surface area contributed by atoms with E-state index in [4.69, 9.17) is 16.6 Å². The van der Waals surface area contributed by atoms with Gasteiger partial charge in [-0.1, -0.05) is 30.7 Å². The first kappa shape index (κ1) is 16.7. The molecule has 0 saturated heterocycles. The van der Waals surface area contributed by atoms with Gasteiger partial charge in [-0.3, -0.25) is 4.68 Å². The number of hydrogen-bond donors (Lipinski definition) is 0. The summed E-state index contributed by atoms with van der Waals surface area (Å²) in [5.74, 6) is 0.577. The molecule has 0 unspecified atom stereocenters. The van der Waals surface area contributed by atoms with Crippen LogP contribution in [0.25, 0.3) is 33.5 Å². The second-order valence-electron chi connectivity index (χ2n) is 6.25. The lowest BCUT2D eigenvalue weighted by Gasteiger charge is -2.08. The van der Waals surface area contributed by atoms with Gasteiger partial charge in [0.15, 0.2) is 0 Å². The number of fused-ring (bicyclic) bond motifs is 1. The monoisotopic (exact) mass is 367 g/mol. The number of benzene rings is 1. The molecule has 0 fully saturated rings. The second kappa shape index (κ2) is 6.17. The van der Waals surface area contributed by atoms with Crippen LogP contribution >= 0.6 is 11.6 Å². The summed E-state index contributed by atoms with van der Waals surface area (Å²) in [7, 11) is 3.59. The van der Waals surface area contributed by atoms with Gasteiger partial charge in [0.25, 0.3) is 0 Å². The fourth-order valence-electron chi connectivity index (χ4n) is 3.13. The van der Waals surface area contributed by atoms with Gasteiger partial charge in [0.2, 0.25) is 5.82 Å². The van der Waals surface area contributed by atoms with E-state index in [0.717, 1.165) is 45.4 Å². The highest BCUT2D eigenvalue weighted by molar-refractivity contribution is 6.32. The highest BCUT2D eigenvalue weighted by atomic mass is 35.5. The Balaban J connectivity index is 1.93. The van der Waals surface area contributed by atoms with E-state index in [9.17, 15) is 0 Å². The minimum atomic E-state index is 0.577. The SMILES string of the molecule is CCc1nn(C)c(Cl)c1-c1cc(C)c2ccc(-c3nnn(C)n3)cc2n1.